The average molecular weight is 511 g/mol. The number of carbonyl (C=O) groups excluding carboxylic acids is 4. The molecule has 4 aliphatic rings. The molecule has 0 radical (unpaired) electrons. The van der Waals surface area contributed by atoms with Gasteiger partial charge >= 0.3 is 11.9 Å². The number of aliphatic hydroxyl groups is 1. The summed E-state index contributed by atoms with van der Waals surface area (Å²) in [4.78, 5) is 49.2. The summed E-state index contributed by atoms with van der Waals surface area (Å²) in [5, 5.41) is 10.5. The SMILES string of the molecule is COC(=O)CCC(=O)O[C@]1(C(=O)Cl)C(C)C[C@H]2[C@@H]3CCC4=CC(=O)C=C[C@]4(C)[C@@]3(F)C(O)C[C@@]21C. The van der Waals surface area contributed by atoms with Crippen molar-refractivity contribution in [2.75, 3.05) is 7.11 Å². The van der Waals surface area contributed by atoms with Crippen molar-refractivity contribution >= 4 is 34.6 Å². The third kappa shape index (κ3) is 3.39. The zero-order valence-electron chi connectivity index (χ0n) is 20.4. The predicted octanol–water partition coefficient (Wildman–Crippen LogP) is 3.60. The summed E-state index contributed by atoms with van der Waals surface area (Å²) in [5.74, 6) is -3.16. The molecule has 0 spiro atoms. The van der Waals surface area contributed by atoms with Gasteiger partial charge < -0.3 is 14.6 Å². The quantitative estimate of drug-likeness (QED) is 0.444. The second kappa shape index (κ2) is 8.51. The lowest BCUT2D eigenvalue weighted by atomic mass is 9.45. The summed E-state index contributed by atoms with van der Waals surface area (Å²) in [6.07, 6.45) is 3.46. The zero-order valence-corrected chi connectivity index (χ0v) is 21.2. The Morgan fingerprint density at radius 3 is 2.49 bits per heavy atom. The van der Waals surface area contributed by atoms with Crippen molar-refractivity contribution in [3.05, 3.63) is 23.8 Å². The minimum absolute atomic E-state index is 0.150. The first-order chi connectivity index (χ1) is 16.3. The molecule has 0 aliphatic heterocycles. The number of alkyl halides is 1. The Morgan fingerprint density at radius 1 is 1.20 bits per heavy atom. The van der Waals surface area contributed by atoms with E-state index in [1.54, 1.807) is 26.8 Å². The van der Waals surface area contributed by atoms with Crippen LogP contribution in [0.15, 0.2) is 23.8 Å². The molecule has 3 saturated carbocycles. The highest BCUT2D eigenvalue weighted by Gasteiger charge is 2.77. The molecule has 3 fully saturated rings. The Balaban J connectivity index is 1.74. The number of methoxy groups -OCH3 is 1. The van der Waals surface area contributed by atoms with Crippen molar-refractivity contribution in [2.45, 2.75) is 76.7 Å². The van der Waals surface area contributed by atoms with Gasteiger partial charge in [0.25, 0.3) is 5.24 Å². The molecule has 0 aromatic heterocycles. The lowest BCUT2D eigenvalue weighted by Crippen LogP contribution is -2.69. The van der Waals surface area contributed by atoms with E-state index in [2.05, 4.69) is 4.74 Å². The Morgan fingerprint density at radius 2 is 1.86 bits per heavy atom. The fourth-order valence-corrected chi connectivity index (χ4v) is 8.18. The number of hydrogen-bond acceptors (Lipinski definition) is 7. The molecule has 0 aromatic carbocycles. The third-order valence-electron chi connectivity index (χ3n) is 9.51. The summed E-state index contributed by atoms with van der Waals surface area (Å²) < 4.78 is 27.6. The average Bonchev–Trinajstić information content (AvgIpc) is 3.01. The van der Waals surface area contributed by atoms with E-state index in [9.17, 15) is 24.3 Å². The molecule has 0 aromatic rings. The van der Waals surface area contributed by atoms with Gasteiger partial charge in [0.15, 0.2) is 17.1 Å². The van der Waals surface area contributed by atoms with E-state index in [1.165, 1.54) is 19.3 Å². The van der Waals surface area contributed by atoms with Crippen LogP contribution in [0.1, 0.15) is 59.3 Å². The molecule has 0 bridgehead atoms. The van der Waals surface area contributed by atoms with Crippen LogP contribution < -0.4 is 0 Å². The number of carbonyl (C=O) groups is 4. The topological polar surface area (TPSA) is 107 Å². The van der Waals surface area contributed by atoms with Gasteiger partial charge in [-0.15, -0.1) is 0 Å². The van der Waals surface area contributed by atoms with Gasteiger partial charge in [0.2, 0.25) is 0 Å². The summed E-state index contributed by atoms with van der Waals surface area (Å²) in [5.41, 5.74) is -5.48. The summed E-state index contributed by atoms with van der Waals surface area (Å²) in [6, 6.07) is 0. The zero-order chi connectivity index (χ0) is 26.0. The van der Waals surface area contributed by atoms with Gasteiger partial charge in [0, 0.05) is 22.7 Å². The van der Waals surface area contributed by atoms with Crippen LogP contribution in [-0.4, -0.2) is 52.6 Å². The van der Waals surface area contributed by atoms with Gasteiger partial charge in [-0.1, -0.05) is 25.5 Å². The molecule has 9 heteroatoms. The molecule has 0 amide bonds. The molecule has 7 nitrogen and oxygen atoms in total. The summed E-state index contributed by atoms with van der Waals surface area (Å²) in [7, 11) is 1.21. The van der Waals surface area contributed by atoms with Crippen LogP contribution in [0.25, 0.3) is 0 Å². The maximum Gasteiger partial charge on any atom is 0.307 e. The summed E-state index contributed by atoms with van der Waals surface area (Å²) in [6.45, 7) is 5.20. The maximum atomic E-state index is 17.2. The molecular weight excluding hydrogens is 479 g/mol. The first-order valence-electron chi connectivity index (χ1n) is 12.1. The van der Waals surface area contributed by atoms with Crippen LogP contribution in [0.2, 0.25) is 0 Å². The minimum Gasteiger partial charge on any atom is -0.469 e. The maximum absolute atomic E-state index is 17.2. The van der Waals surface area contributed by atoms with E-state index >= 15 is 4.39 Å². The number of hydrogen-bond donors (Lipinski definition) is 1. The van der Waals surface area contributed by atoms with Crippen LogP contribution in [0.5, 0.6) is 0 Å². The van der Waals surface area contributed by atoms with Crippen LogP contribution in [0, 0.1) is 28.6 Å². The van der Waals surface area contributed by atoms with Crippen LogP contribution in [-0.2, 0) is 28.7 Å². The Labute approximate surface area is 209 Å². The largest absolute Gasteiger partial charge is 0.469 e. The normalized spacial score (nSPS) is 44.0. The number of rotatable bonds is 5. The highest BCUT2D eigenvalue weighted by Crippen LogP contribution is 2.71. The number of esters is 2. The highest BCUT2D eigenvalue weighted by atomic mass is 35.5. The molecule has 4 aliphatic carbocycles. The molecule has 192 valence electrons. The molecule has 1 N–H and O–H groups in total. The summed E-state index contributed by atoms with van der Waals surface area (Å²) >= 11 is 6.15. The van der Waals surface area contributed by atoms with Gasteiger partial charge in [-0.25, -0.2) is 4.39 Å². The third-order valence-corrected chi connectivity index (χ3v) is 9.79. The molecule has 35 heavy (non-hydrogen) atoms. The van der Waals surface area contributed by atoms with Crippen molar-refractivity contribution in [3.8, 4) is 0 Å². The van der Waals surface area contributed by atoms with Crippen LogP contribution in [0.3, 0.4) is 0 Å². The van der Waals surface area contributed by atoms with Gasteiger partial charge in [0.05, 0.1) is 26.1 Å². The van der Waals surface area contributed by atoms with Gasteiger partial charge in [-0.05, 0) is 62.3 Å². The second-order valence-corrected chi connectivity index (χ2v) is 11.3. The van der Waals surface area contributed by atoms with Crippen molar-refractivity contribution in [1.82, 2.24) is 0 Å². The highest BCUT2D eigenvalue weighted by molar-refractivity contribution is 6.65. The van der Waals surface area contributed by atoms with Crippen LogP contribution >= 0.6 is 11.6 Å². The number of fused-ring (bicyclic) bond motifs is 5. The van der Waals surface area contributed by atoms with E-state index in [0.29, 0.717) is 24.8 Å². The minimum atomic E-state index is -2.07. The van der Waals surface area contributed by atoms with Gasteiger partial charge in [0.1, 0.15) is 0 Å². The van der Waals surface area contributed by atoms with E-state index < -0.39 is 63.1 Å². The van der Waals surface area contributed by atoms with E-state index in [1.807, 2.05) is 0 Å². The van der Waals surface area contributed by atoms with Crippen molar-refractivity contribution in [2.24, 2.45) is 28.6 Å². The van der Waals surface area contributed by atoms with E-state index in [-0.39, 0.29) is 25.0 Å². The first-order valence-corrected chi connectivity index (χ1v) is 12.5. The van der Waals surface area contributed by atoms with E-state index in [0.717, 1.165) is 0 Å². The monoisotopic (exact) mass is 510 g/mol. The van der Waals surface area contributed by atoms with Gasteiger partial charge in [-0.2, -0.15) is 0 Å². The second-order valence-electron chi connectivity index (χ2n) is 11.0. The fraction of sp³-hybridized carbons (Fsp3) is 0.692. The Hall–Kier alpha value is -2.06. The molecule has 4 rings (SSSR count). The van der Waals surface area contributed by atoms with E-state index in [4.69, 9.17) is 16.3 Å². The smallest absolute Gasteiger partial charge is 0.307 e. The fourth-order valence-electron chi connectivity index (χ4n) is 7.74. The molecular formula is C26H32ClFO7. The Bertz CT molecular complexity index is 1040. The number of halogens is 2. The molecule has 0 saturated heterocycles. The molecule has 8 atom stereocenters. The first kappa shape index (κ1) is 26.0. The Kier molecular flexibility index (Phi) is 6.33. The standard InChI is InChI=1S/C26H32ClFO7/c1-14-11-18-17-6-5-15-12-16(29)9-10-23(15,2)25(17,28)19(30)13-24(18,3)26(14,22(27)33)35-21(32)8-7-20(31)34-4/h9-10,12,14,17-19,30H,5-8,11,13H2,1-4H3/t14?,17-,18-,19?,23-,24-,25-,26-/m0/s1. The number of aliphatic hydroxyl groups excluding tert-OH is 1. The number of ether oxygens (including phenoxy) is 2. The van der Waals surface area contributed by atoms with Gasteiger partial charge in [-0.3, -0.25) is 19.2 Å². The predicted molar refractivity (Wildman–Crippen MR) is 124 cm³/mol. The van der Waals surface area contributed by atoms with Crippen molar-refractivity contribution in [3.63, 3.8) is 0 Å². The molecule has 2 unspecified atom stereocenters. The van der Waals surface area contributed by atoms with Crippen LogP contribution in [0.4, 0.5) is 4.39 Å². The number of allylic oxidation sites excluding steroid dienone is 4. The lowest BCUT2D eigenvalue weighted by molar-refractivity contribution is -0.225. The molecule has 0 heterocycles. The van der Waals surface area contributed by atoms with Crippen molar-refractivity contribution < 1.29 is 38.1 Å². The number of ketones is 1. The van der Waals surface area contributed by atoms with Crippen molar-refractivity contribution in [1.29, 1.82) is 0 Å². The lowest BCUT2D eigenvalue weighted by Gasteiger charge is -2.62.